The number of nitrogens with zero attached hydrogens (tertiary/aromatic N) is 1. The van der Waals surface area contributed by atoms with Gasteiger partial charge in [0.1, 0.15) is 5.82 Å². The van der Waals surface area contributed by atoms with E-state index >= 15 is 0 Å². The number of aliphatic hydroxyl groups excluding tert-OH is 1. The number of carbonyl (C=O) groups excluding carboxylic acids is 1. The standard InChI is InChI=1S/C14H21FN2O2/c1-10-6-12(4-5-13(10)15)7-16-14(19)8-17(3)11(2)9-18/h4-6,11,18H,7-9H2,1-3H3,(H,16,19). The number of halogens is 1. The molecule has 0 spiro atoms. The molecule has 1 aromatic rings. The Hall–Kier alpha value is -1.46. The van der Waals surface area contributed by atoms with Crippen LogP contribution in [0.25, 0.3) is 0 Å². The van der Waals surface area contributed by atoms with Gasteiger partial charge in [-0.3, -0.25) is 9.69 Å². The number of aliphatic hydroxyl groups is 1. The third kappa shape index (κ3) is 4.96. The van der Waals surface area contributed by atoms with Crippen molar-refractivity contribution in [1.82, 2.24) is 10.2 Å². The van der Waals surface area contributed by atoms with Crippen LogP contribution < -0.4 is 5.32 Å². The number of nitrogens with one attached hydrogen (secondary N) is 1. The van der Waals surface area contributed by atoms with Crippen molar-refractivity contribution in [2.24, 2.45) is 0 Å². The molecule has 0 bridgehead atoms. The summed E-state index contributed by atoms with van der Waals surface area (Å²) in [7, 11) is 1.78. The predicted octanol–water partition coefficient (Wildman–Crippen LogP) is 1.06. The number of hydrogen-bond acceptors (Lipinski definition) is 3. The highest BCUT2D eigenvalue weighted by atomic mass is 19.1. The number of aryl methyl sites for hydroxylation is 1. The maximum absolute atomic E-state index is 13.1. The molecule has 1 amide bonds. The lowest BCUT2D eigenvalue weighted by molar-refractivity contribution is -0.122. The molecular formula is C14H21FN2O2. The van der Waals surface area contributed by atoms with Gasteiger partial charge in [-0.2, -0.15) is 0 Å². The first-order valence-electron chi connectivity index (χ1n) is 6.27. The minimum absolute atomic E-state index is 0.0148. The first-order chi connectivity index (χ1) is 8.93. The van der Waals surface area contributed by atoms with E-state index in [1.165, 1.54) is 6.07 Å². The number of amides is 1. The highest BCUT2D eigenvalue weighted by molar-refractivity contribution is 5.78. The molecule has 0 aliphatic carbocycles. The second kappa shape index (κ2) is 7.21. The second-order valence-electron chi connectivity index (χ2n) is 4.81. The summed E-state index contributed by atoms with van der Waals surface area (Å²) in [5.41, 5.74) is 1.43. The SMILES string of the molecule is Cc1cc(CNC(=O)CN(C)C(C)CO)ccc1F. The monoisotopic (exact) mass is 268 g/mol. The number of hydrogen-bond donors (Lipinski definition) is 2. The molecule has 0 aromatic heterocycles. The molecule has 19 heavy (non-hydrogen) atoms. The highest BCUT2D eigenvalue weighted by Gasteiger charge is 2.11. The average molecular weight is 268 g/mol. The second-order valence-corrected chi connectivity index (χ2v) is 4.81. The van der Waals surface area contributed by atoms with Crippen LogP contribution in [0.4, 0.5) is 4.39 Å². The topological polar surface area (TPSA) is 52.6 Å². The van der Waals surface area contributed by atoms with Crippen LogP contribution in [0.5, 0.6) is 0 Å². The van der Waals surface area contributed by atoms with E-state index in [0.717, 1.165) is 5.56 Å². The Kier molecular flexibility index (Phi) is 5.92. The molecule has 0 heterocycles. The quantitative estimate of drug-likeness (QED) is 0.811. The molecule has 0 aliphatic rings. The van der Waals surface area contributed by atoms with Gasteiger partial charge in [0.2, 0.25) is 5.91 Å². The van der Waals surface area contributed by atoms with E-state index in [-0.39, 0.29) is 30.9 Å². The number of carbonyl (C=O) groups is 1. The van der Waals surface area contributed by atoms with E-state index in [1.807, 2.05) is 6.92 Å². The summed E-state index contributed by atoms with van der Waals surface area (Å²) < 4.78 is 13.1. The molecule has 2 N–H and O–H groups in total. The van der Waals surface area contributed by atoms with Gasteiger partial charge in [-0.05, 0) is 38.1 Å². The van der Waals surface area contributed by atoms with E-state index in [9.17, 15) is 9.18 Å². The van der Waals surface area contributed by atoms with Gasteiger partial charge in [-0.1, -0.05) is 12.1 Å². The summed E-state index contributed by atoms with van der Waals surface area (Å²) in [5, 5.41) is 11.7. The number of rotatable bonds is 6. The van der Waals surface area contributed by atoms with Gasteiger partial charge in [-0.15, -0.1) is 0 Å². The molecule has 0 aliphatic heterocycles. The first-order valence-corrected chi connectivity index (χ1v) is 6.27. The van der Waals surface area contributed by atoms with Gasteiger partial charge >= 0.3 is 0 Å². The largest absolute Gasteiger partial charge is 0.395 e. The summed E-state index contributed by atoms with van der Waals surface area (Å²) in [4.78, 5) is 13.5. The van der Waals surface area contributed by atoms with Gasteiger partial charge in [0.05, 0.1) is 13.2 Å². The van der Waals surface area contributed by atoms with E-state index < -0.39 is 0 Å². The lowest BCUT2D eigenvalue weighted by Crippen LogP contribution is -2.40. The molecule has 1 rings (SSSR count). The zero-order valence-electron chi connectivity index (χ0n) is 11.6. The molecular weight excluding hydrogens is 247 g/mol. The molecule has 0 radical (unpaired) electrons. The van der Waals surface area contributed by atoms with Crippen molar-refractivity contribution in [1.29, 1.82) is 0 Å². The Morgan fingerprint density at radius 2 is 2.21 bits per heavy atom. The van der Waals surface area contributed by atoms with E-state index in [4.69, 9.17) is 5.11 Å². The van der Waals surface area contributed by atoms with Gasteiger partial charge in [0.15, 0.2) is 0 Å². The Balaban J connectivity index is 2.43. The molecule has 5 heteroatoms. The lowest BCUT2D eigenvalue weighted by Gasteiger charge is -2.21. The predicted molar refractivity (Wildman–Crippen MR) is 72.2 cm³/mol. The van der Waals surface area contributed by atoms with Crippen LogP contribution in [0.2, 0.25) is 0 Å². The van der Waals surface area contributed by atoms with Crippen LogP contribution >= 0.6 is 0 Å². The van der Waals surface area contributed by atoms with Crippen LogP contribution in [-0.4, -0.2) is 42.2 Å². The van der Waals surface area contributed by atoms with Crippen molar-refractivity contribution < 1.29 is 14.3 Å². The summed E-state index contributed by atoms with van der Waals surface area (Å²) in [6, 6.07) is 4.72. The highest BCUT2D eigenvalue weighted by Crippen LogP contribution is 2.08. The molecule has 106 valence electrons. The van der Waals surface area contributed by atoms with Crippen molar-refractivity contribution in [3.63, 3.8) is 0 Å². The van der Waals surface area contributed by atoms with Crippen LogP contribution in [0, 0.1) is 12.7 Å². The van der Waals surface area contributed by atoms with Crippen LogP contribution in [-0.2, 0) is 11.3 Å². The van der Waals surface area contributed by atoms with Crippen molar-refractivity contribution in [3.8, 4) is 0 Å². The fourth-order valence-electron chi connectivity index (χ4n) is 1.60. The molecule has 0 saturated heterocycles. The zero-order valence-corrected chi connectivity index (χ0v) is 11.6. The third-order valence-electron chi connectivity index (χ3n) is 3.12. The summed E-state index contributed by atoms with van der Waals surface area (Å²) in [6.07, 6.45) is 0. The van der Waals surface area contributed by atoms with Gasteiger partial charge in [-0.25, -0.2) is 4.39 Å². The summed E-state index contributed by atoms with van der Waals surface area (Å²) in [5.74, 6) is -0.364. The fourth-order valence-corrected chi connectivity index (χ4v) is 1.60. The smallest absolute Gasteiger partial charge is 0.234 e. The van der Waals surface area contributed by atoms with Crippen LogP contribution in [0.3, 0.4) is 0 Å². The minimum Gasteiger partial charge on any atom is -0.395 e. The Labute approximate surface area is 113 Å². The van der Waals surface area contributed by atoms with E-state index in [0.29, 0.717) is 12.1 Å². The normalized spacial score (nSPS) is 12.5. The first kappa shape index (κ1) is 15.6. The third-order valence-corrected chi connectivity index (χ3v) is 3.12. The van der Waals surface area contributed by atoms with Crippen LogP contribution in [0.1, 0.15) is 18.1 Å². The maximum atomic E-state index is 13.1. The molecule has 1 unspecified atom stereocenters. The van der Waals surface area contributed by atoms with Gasteiger partial charge in [0.25, 0.3) is 0 Å². The number of likely N-dealkylation sites (N-methyl/N-ethyl adjacent to an activating group) is 1. The maximum Gasteiger partial charge on any atom is 0.234 e. The minimum atomic E-state index is -0.244. The molecule has 1 atom stereocenters. The Bertz CT molecular complexity index is 437. The summed E-state index contributed by atoms with van der Waals surface area (Å²) in [6.45, 7) is 4.15. The van der Waals surface area contributed by atoms with E-state index in [1.54, 1.807) is 31.0 Å². The number of benzene rings is 1. The molecule has 4 nitrogen and oxygen atoms in total. The van der Waals surface area contributed by atoms with Gasteiger partial charge in [0, 0.05) is 12.6 Å². The Morgan fingerprint density at radius 3 is 2.79 bits per heavy atom. The van der Waals surface area contributed by atoms with Crippen molar-refractivity contribution in [2.75, 3.05) is 20.2 Å². The van der Waals surface area contributed by atoms with Crippen molar-refractivity contribution >= 4 is 5.91 Å². The van der Waals surface area contributed by atoms with E-state index in [2.05, 4.69) is 5.32 Å². The van der Waals surface area contributed by atoms with Gasteiger partial charge < -0.3 is 10.4 Å². The van der Waals surface area contributed by atoms with Crippen molar-refractivity contribution in [2.45, 2.75) is 26.4 Å². The molecule has 1 aromatic carbocycles. The lowest BCUT2D eigenvalue weighted by atomic mass is 10.1. The van der Waals surface area contributed by atoms with Crippen molar-refractivity contribution in [3.05, 3.63) is 35.1 Å². The fraction of sp³-hybridized carbons (Fsp3) is 0.500. The average Bonchev–Trinajstić information content (AvgIpc) is 2.39. The molecule has 0 saturated carbocycles. The zero-order chi connectivity index (χ0) is 14.4. The summed E-state index contributed by atoms with van der Waals surface area (Å²) >= 11 is 0. The Morgan fingerprint density at radius 1 is 1.53 bits per heavy atom. The molecule has 0 fully saturated rings. The van der Waals surface area contributed by atoms with Crippen LogP contribution in [0.15, 0.2) is 18.2 Å².